The van der Waals surface area contributed by atoms with Gasteiger partial charge in [-0.05, 0) is 0 Å². The third-order valence-corrected chi connectivity index (χ3v) is 4.90. The zero-order chi connectivity index (χ0) is 10.9. The predicted molar refractivity (Wildman–Crippen MR) is 60.8 cm³/mol. The van der Waals surface area contributed by atoms with Crippen LogP contribution in [0.4, 0.5) is 0 Å². The summed E-state index contributed by atoms with van der Waals surface area (Å²) in [6.07, 6.45) is 0. The van der Waals surface area contributed by atoms with Crippen molar-refractivity contribution in [3.63, 3.8) is 0 Å². The second-order valence-corrected chi connectivity index (χ2v) is 5.94. The van der Waals surface area contributed by atoms with Gasteiger partial charge in [-0.2, -0.15) is 0 Å². The summed E-state index contributed by atoms with van der Waals surface area (Å²) in [6, 6.07) is 0. The van der Waals surface area contributed by atoms with E-state index in [0.717, 1.165) is 0 Å². The number of halogens is 4. The Morgan fingerprint density at radius 2 is 1.57 bits per heavy atom. The highest BCUT2D eigenvalue weighted by Crippen LogP contribution is 2.33. The second-order valence-electron chi connectivity index (χ2n) is 3.01. The van der Waals surface area contributed by atoms with Gasteiger partial charge in [0.2, 0.25) is 0 Å². The summed E-state index contributed by atoms with van der Waals surface area (Å²) in [5.41, 5.74) is -1.08. The summed E-state index contributed by atoms with van der Waals surface area (Å²) in [5, 5.41) is 1.75. The third-order valence-electron chi connectivity index (χ3n) is 2.03. The van der Waals surface area contributed by atoms with Gasteiger partial charge in [0.05, 0.1) is 16.5 Å². The SMILES string of the molecule is O=S(O)CC1C(Cl)C(Cl)NC(Cl)C1Cl. The average molecular weight is 301 g/mol. The van der Waals surface area contributed by atoms with Gasteiger partial charge in [-0.15, -0.1) is 46.4 Å². The molecule has 84 valence electrons. The molecule has 1 rings (SSSR count). The lowest BCUT2D eigenvalue weighted by molar-refractivity contribution is 0.367. The summed E-state index contributed by atoms with van der Waals surface area (Å²) in [5.74, 6) is -0.397. The van der Waals surface area contributed by atoms with Crippen LogP contribution in [-0.2, 0) is 11.1 Å². The molecule has 0 amide bonds. The maximum absolute atomic E-state index is 10.7. The molecule has 0 aliphatic carbocycles. The molecule has 1 aliphatic rings. The van der Waals surface area contributed by atoms with Crippen LogP contribution in [0.5, 0.6) is 0 Å². The van der Waals surface area contributed by atoms with Crippen molar-refractivity contribution in [2.75, 3.05) is 5.75 Å². The topological polar surface area (TPSA) is 49.3 Å². The molecule has 0 aromatic carbocycles. The van der Waals surface area contributed by atoms with Crippen molar-refractivity contribution in [1.29, 1.82) is 0 Å². The second kappa shape index (κ2) is 5.53. The van der Waals surface area contributed by atoms with Crippen LogP contribution in [0.25, 0.3) is 0 Å². The molecule has 1 saturated heterocycles. The van der Waals surface area contributed by atoms with Crippen LogP contribution >= 0.6 is 46.4 Å². The molecule has 1 aliphatic heterocycles. The van der Waals surface area contributed by atoms with E-state index in [1.807, 2.05) is 0 Å². The van der Waals surface area contributed by atoms with Crippen LogP contribution in [0.3, 0.4) is 0 Å². The Bertz CT molecular complexity index is 218. The van der Waals surface area contributed by atoms with Gasteiger partial charge in [0.15, 0.2) is 11.1 Å². The van der Waals surface area contributed by atoms with Gasteiger partial charge >= 0.3 is 0 Å². The number of nitrogens with one attached hydrogen (secondary N) is 1. The Hall–Kier alpha value is 1.23. The number of hydrogen-bond acceptors (Lipinski definition) is 2. The van der Waals surface area contributed by atoms with E-state index in [0.29, 0.717) is 0 Å². The molecular formula is C6H9Cl4NO2S. The molecule has 0 bridgehead atoms. The van der Waals surface area contributed by atoms with E-state index in [-0.39, 0.29) is 11.7 Å². The van der Waals surface area contributed by atoms with Crippen LogP contribution in [0, 0.1) is 5.92 Å². The van der Waals surface area contributed by atoms with Gasteiger partial charge < -0.3 is 4.55 Å². The lowest BCUT2D eigenvalue weighted by Gasteiger charge is -2.38. The molecule has 0 saturated carbocycles. The molecule has 0 aromatic heterocycles. The maximum atomic E-state index is 10.7. The van der Waals surface area contributed by atoms with Gasteiger partial charge in [0.1, 0.15) is 11.0 Å². The van der Waals surface area contributed by atoms with Crippen LogP contribution in [0.2, 0.25) is 0 Å². The van der Waals surface area contributed by atoms with Crippen LogP contribution in [-0.4, -0.2) is 36.3 Å². The van der Waals surface area contributed by atoms with Crippen molar-refractivity contribution in [3.05, 3.63) is 0 Å². The largest absolute Gasteiger partial charge is 0.306 e. The fourth-order valence-electron chi connectivity index (χ4n) is 1.29. The van der Waals surface area contributed by atoms with Crippen LogP contribution < -0.4 is 5.32 Å². The first-order valence-corrected chi connectivity index (χ1v) is 6.85. The molecular weight excluding hydrogens is 292 g/mol. The van der Waals surface area contributed by atoms with Gasteiger partial charge in [-0.1, -0.05) is 0 Å². The Morgan fingerprint density at radius 1 is 1.14 bits per heavy atom. The number of hydrogen-bond donors (Lipinski definition) is 2. The lowest BCUT2D eigenvalue weighted by atomic mass is 9.99. The van der Waals surface area contributed by atoms with E-state index in [9.17, 15) is 4.21 Å². The van der Waals surface area contributed by atoms with E-state index < -0.39 is 32.8 Å². The molecule has 1 heterocycles. The van der Waals surface area contributed by atoms with Gasteiger partial charge in [-0.25, -0.2) is 4.21 Å². The van der Waals surface area contributed by atoms with Gasteiger partial charge in [0, 0.05) is 5.92 Å². The predicted octanol–water partition coefficient (Wildman–Crippen LogP) is 1.77. The van der Waals surface area contributed by atoms with Crippen molar-refractivity contribution in [1.82, 2.24) is 5.32 Å². The highest BCUT2D eigenvalue weighted by molar-refractivity contribution is 7.79. The molecule has 5 unspecified atom stereocenters. The summed E-state index contributed by atoms with van der Waals surface area (Å²) < 4.78 is 19.4. The molecule has 0 spiro atoms. The van der Waals surface area contributed by atoms with E-state index in [4.69, 9.17) is 51.0 Å². The molecule has 0 radical (unpaired) electrons. The number of piperidine rings is 1. The first-order chi connectivity index (χ1) is 6.43. The van der Waals surface area contributed by atoms with Crippen molar-refractivity contribution >= 4 is 57.5 Å². The molecule has 5 atom stereocenters. The van der Waals surface area contributed by atoms with Crippen molar-refractivity contribution < 1.29 is 8.76 Å². The van der Waals surface area contributed by atoms with Gasteiger partial charge in [0.25, 0.3) is 0 Å². The van der Waals surface area contributed by atoms with Crippen molar-refractivity contribution in [3.8, 4) is 0 Å². The fraction of sp³-hybridized carbons (Fsp3) is 1.00. The Morgan fingerprint density at radius 3 is 1.93 bits per heavy atom. The zero-order valence-corrected chi connectivity index (χ0v) is 10.7. The Balaban J connectivity index is 2.71. The Labute approximate surface area is 105 Å². The minimum Gasteiger partial charge on any atom is -0.306 e. The van der Waals surface area contributed by atoms with Crippen molar-refractivity contribution in [2.24, 2.45) is 5.92 Å². The Kier molecular flexibility index (Phi) is 5.25. The molecule has 3 nitrogen and oxygen atoms in total. The molecule has 0 aromatic rings. The van der Waals surface area contributed by atoms with Gasteiger partial charge in [-0.3, -0.25) is 5.32 Å². The normalized spacial score (nSPS) is 46.2. The highest BCUT2D eigenvalue weighted by atomic mass is 35.5. The number of rotatable bonds is 2. The first-order valence-electron chi connectivity index (χ1n) is 3.83. The third kappa shape index (κ3) is 3.11. The molecule has 14 heavy (non-hydrogen) atoms. The smallest absolute Gasteiger partial charge is 0.153 e. The van der Waals surface area contributed by atoms with Crippen molar-refractivity contribution in [2.45, 2.75) is 21.8 Å². The van der Waals surface area contributed by atoms with E-state index in [1.54, 1.807) is 0 Å². The van der Waals surface area contributed by atoms with E-state index in [2.05, 4.69) is 5.32 Å². The standard InChI is InChI=1S/C6H9Cl4NO2S/c7-3-2(1-14(12)13)4(8)6(10)11-5(3)9/h2-6,11H,1H2,(H,12,13). The number of alkyl halides is 4. The summed E-state index contributed by atoms with van der Waals surface area (Å²) >= 11 is 21.6. The highest BCUT2D eigenvalue weighted by Gasteiger charge is 2.42. The minimum absolute atomic E-state index is 0.0174. The molecule has 1 fully saturated rings. The van der Waals surface area contributed by atoms with E-state index >= 15 is 0 Å². The molecule has 2 N–H and O–H groups in total. The minimum atomic E-state index is -1.95. The summed E-state index contributed by atoms with van der Waals surface area (Å²) in [7, 11) is 0. The van der Waals surface area contributed by atoms with Crippen LogP contribution in [0.15, 0.2) is 0 Å². The van der Waals surface area contributed by atoms with Crippen LogP contribution in [0.1, 0.15) is 0 Å². The summed E-state index contributed by atoms with van der Waals surface area (Å²) in [4.78, 5) is 0. The molecule has 8 heteroatoms. The fourth-order valence-corrected chi connectivity index (χ4v) is 3.67. The first kappa shape index (κ1) is 13.3. The maximum Gasteiger partial charge on any atom is 0.153 e. The monoisotopic (exact) mass is 299 g/mol. The quantitative estimate of drug-likeness (QED) is 0.464. The average Bonchev–Trinajstić information content (AvgIpc) is 2.09. The summed E-state index contributed by atoms with van der Waals surface area (Å²) in [6.45, 7) is 0. The lowest BCUT2D eigenvalue weighted by Crippen LogP contribution is -2.55. The van der Waals surface area contributed by atoms with E-state index in [1.165, 1.54) is 0 Å². The zero-order valence-electron chi connectivity index (χ0n) is 6.87.